The van der Waals surface area contributed by atoms with Crippen LogP contribution in [0.5, 0.6) is 11.5 Å². The van der Waals surface area contributed by atoms with E-state index in [0.717, 1.165) is 56.6 Å². The van der Waals surface area contributed by atoms with Gasteiger partial charge in [-0.3, -0.25) is 4.57 Å². The summed E-state index contributed by atoms with van der Waals surface area (Å²) in [6.45, 7) is 14.1. The number of para-hydroxylation sites is 1. The zero-order chi connectivity index (χ0) is 37.9. The van der Waals surface area contributed by atoms with Gasteiger partial charge in [0.15, 0.2) is 5.82 Å². The first-order valence-corrected chi connectivity index (χ1v) is 19.0. The van der Waals surface area contributed by atoms with E-state index in [2.05, 4.69) is 183 Å². The predicted octanol–water partition coefficient (Wildman–Crippen LogP) is 12.9. The fourth-order valence-corrected chi connectivity index (χ4v) is 7.70. The van der Waals surface area contributed by atoms with Gasteiger partial charge in [0.25, 0.3) is 0 Å². The van der Waals surface area contributed by atoms with E-state index >= 15 is 0 Å². The predicted molar refractivity (Wildman–Crippen MR) is 228 cm³/mol. The van der Waals surface area contributed by atoms with Gasteiger partial charge in [0.05, 0.1) is 22.4 Å². The first kappa shape index (κ1) is 34.4. The fourth-order valence-electron chi connectivity index (χ4n) is 7.70. The molecule has 0 aliphatic carbocycles. The first-order chi connectivity index (χ1) is 26.5. The van der Waals surface area contributed by atoms with Crippen LogP contribution in [0.3, 0.4) is 0 Å². The Hall–Kier alpha value is -6.40. The Kier molecular flexibility index (Phi) is 8.23. The van der Waals surface area contributed by atoms with Gasteiger partial charge in [-0.2, -0.15) is 0 Å². The van der Waals surface area contributed by atoms with Gasteiger partial charge in [-0.25, -0.2) is 9.97 Å². The lowest BCUT2D eigenvalue weighted by Crippen LogP contribution is -2.25. The van der Waals surface area contributed by atoms with E-state index < -0.39 is 0 Å². The lowest BCUT2D eigenvalue weighted by atomic mass is 9.85. The van der Waals surface area contributed by atoms with Gasteiger partial charge in [0.2, 0.25) is 0 Å². The summed E-state index contributed by atoms with van der Waals surface area (Å²) in [5.74, 6) is 3.32. The van der Waals surface area contributed by atoms with Gasteiger partial charge in [-0.05, 0) is 88.2 Å². The minimum Gasteiger partial charge on any atom is -0.457 e. The largest absolute Gasteiger partial charge is 0.457 e. The van der Waals surface area contributed by atoms with E-state index in [1.807, 2.05) is 24.5 Å². The van der Waals surface area contributed by atoms with Crippen LogP contribution in [0.15, 0.2) is 152 Å². The van der Waals surface area contributed by atoms with Crippen LogP contribution in [0.1, 0.15) is 52.7 Å². The molecule has 6 nitrogen and oxygen atoms in total. The number of pyridine rings is 2. The summed E-state index contributed by atoms with van der Waals surface area (Å²) in [6, 6.07) is 49.2. The average Bonchev–Trinajstić information content (AvgIpc) is 3.74. The molecular weight excluding hydrogens is 675 g/mol. The van der Waals surface area contributed by atoms with Crippen LogP contribution in [0.25, 0.3) is 38.8 Å². The molecule has 5 aromatic carbocycles. The van der Waals surface area contributed by atoms with Crippen LogP contribution in [0.4, 0.5) is 22.9 Å². The van der Waals surface area contributed by atoms with Crippen LogP contribution >= 0.6 is 0 Å². The molecule has 272 valence electrons. The van der Waals surface area contributed by atoms with Gasteiger partial charge in [-0.1, -0.05) is 108 Å². The van der Waals surface area contributed by atoms with Crippen molar-refractivity contribution in [2.45, 2.75) is 52.4 Å². The molecule has 0 spiro atoms. The summed E-state index contributed by atoms with van der Waals surface area (Å²) in [5, 5.41) is 2.34. The quantitative estimate of drug-likeness (QED) is 0.171. The monoisotopic (exact) mass is 719 g/mol. The molecule has 0 amide bonds. The first-order valence-electron chi connectivity index (χ1n) is 19.0. The van der Waals surface area contributed by atoms with Crippen molar-refractivity contribution in [1.82, 2.24) is 14.5 Å². The Morgan fingerprint density at radius 1 is 0.527 bits per heavy atom. The highest BCUT2D eigenvalue weighted by Crippen LogP contribution is 2.47. The molecule has 55 heavy (non-hydrogen) atoms. The number of rotatable bonds is 6. The van der Waals surface area contributed by atoms with Crippen LogP contribution in [0.2, 0.25) is 0 Å². The van der Waals surface area contributed by atoms with E-state index in [-0.39, 0.29) is 10.8 Å². The van der Waals surface area contributed by atoms with Crippen molar-refractivity contribution in [2.24, 2.45) is 0 Å². The second-order valence-corrected chi connectivity index (χ2v) is 16.5. The molecule has 0 N–H and O–H groups in total. The Bertz CT molecular complexity index is 2700. The molecule has 0 saturated heterocycles. The van der Waals surface area contributed by atoms with Gasteiger partial charge >= 0.3 is 0 Å². The van der Waals surface area contributed by atoms with Crippen LogP contribution < -0.4 is 14.5 Å². The Morgan fingerprint density at radius 3 is 2.09 bits per heavy atom. The Labute approximate surface area is 323 Å². The Morgan fingerprint density at radius 2 is 1.27 bits per heavy atom. The maximum absolute atomic E-state index is 6.69. The van der Waals surface area contributed by atoms with E-state index in [1.54, 1.807) is 0 Å². The molecule has 4 heterocycles. The number of benzene rings is 5. The summed E-state index contributed by atoms with van der Waals surface area (Å²) in [6.07, 6.45) is 3.79. The van der Waals surface area contributed by atoms with Crippen molar-refractivity contribution in [2.75, 3.05) is 16.5 Å². The van der Waals surface area contributed by atoms with E-state index in [4.69, 9.17) is 14.7 Å². The molecule has 1 aliphatic heterocycles. The molecule has 0 fully saturated rings. The standard InChI is InChI=1S/C49H45N5O/c1-48(2,3)34-21-23-39(33-14-8-7-9-15-33)44(28-34)53-32-52(47-43(53)20-13-26-51-47)36-16-12-17-37(30-36)55-38-22-24-41-40-18-10-11-19-42(40)54(45(41)31-38)46-29-35(25-27-50-46)49(4,5)6/h7-31H,32H2,1-6H3. The summed E-state index contributed by atoms with van der Waals surface area (Å²) in [7, 11) is 0. The lowest BCUT2D eigenvalue weighted by molar-refractivity contribution is 0.483. The van der Waals surface area contributed by atoms with Crippen molar-refractivity contribution >= 4 is 44.7 Å². The molecule has 9 rings (SSSR count). The molecule has 0 atom stereocenters. The number of hydrogen-bond donors (Lipinski definition) is 0. The highest BCUT2D eigenvalue weighted by Gasteiger charge is 2.32. The van der Waals surface area contributed by atoms with E-state index in [1.165, 1.54) is 27.6 Å². The SMILES string of the molecule is CC(C)(C)c1ccnc(-n2c3ccccc3c3ccc(Oc4cccc(N5CN(c6cc(C(C)(C)C)ccc6-c6ccccc6)c6cccnc65)c4)cc32)c1. The summed E-state index contributed by atoms with van der Waals surface area (Å²) >= 11 is 0. The highest BCUT2D eigenvalue weighted by molar-refractivity contribution is 6.09. The zero-order valence-corrected chi connectivity index (χ0v) is 32.3. The summed E-state index contributed by atoms with van der Waals surface area (Å²) in [5.41, 5.74) is 10.3. The summed E-state index contributed by atoms with van der Waals surface area (Å²) in [4.78, 5) is 14.5. The fraction of sp³-hybridized carbons (Fsp3) is 0.184. The smallest absolute Gasteiger partial charge is 0.158 e. The highest BCUT2D eigenvalue weighted by atomic mass is 16.5. The van der Waals surface area contributed by atoms with Crippen molar-refractivity contribution < 1.29 is 4.74 Å². The molecule has 6 heteroatoms. The molecule has 0 unspecified atom stereocenters. The average molecular weight is 720 g/mol. The van der Waals surface area contributed by atoms with Gasteiger partial charge in [-0.15, -0.1) is 0 Å². The summed E-state index contributed by atoms with van der Waals surface area (Å²) < 4.78 is 8.94. The van der Waals surface area contributed by atoms with Crippen LogP contribution in [0, 0.1) is 0 Å². The number of aromatic nitrogens is 3. The molecule has 0 saturated carbocycles. The van der Waals surface area contributed by atoms with Crippen LogP contribution in [-0.2, 0) is 10.8 Å². The Balaban J connectivity index is 1.09. The molecule has 0 bridgehead atoms. The molecular formula is C49H45N5O. The number of anilines is 4. The topological polar surface area (TPSA) is 46.4 Å². The van der Waals surface area contributed by atoms with Crippen molar-refractivity contribution in [3.63, 3.8) is 0 Å². The van der Waals surface area contributed by atoms with Crippen molar-refractivity contribution in [1.29, 1.82) is 0 Å². The van der Waals surface area contributed by atoms with E-state index in [9.17, 15) is 0 Å². The number of fused-ring (bicyclic) bond motifs is 4. The minimum atomic E-state index is -0.00281. The normalized spacial score (nSPS) is 13.1. The maximum Gasteiger partial charge on any atom is 0.158 e. The lowest BCUT2D eigenvalue weighted by Gasteiger charge is -2.27. The number of ether oxygens (including phenoxy) is 1. The minimum absolute atomic E-state index is 0.00120. The van der Waals surface area contributed by atoms with Gasteiger partial charge in [0, 0.05) is 46.5 Å². The van der Waals surface area contributed by atoms with E-state index in [0.29, 0.717) is 6.67 Å². The second-order valence-electron chi connectivity index (χ2n) is 16.5. The maximum atomic E-state index is 6.69. The number of hydrogen-bond acceptors (Lipinski definition) is 5. The molecule has 0 radical (unpaired) electrons. The number of nitrogens with zero attached hydrogens (tertiary/aromatic N) is 5. The molecule has 8 aromatic rings. The third-order valence-electron chi connectivity index (χ3n) is 10.7. The van der Waals surface area contributed by atoms with Crippen LogP contribution in [-0.4, -0.2) is 21.2 Å². The van der Waals surface area contributed by atoms with Crippen molar-refractivity contribution in [3.05, 3.63) is 163 Å². The third-order valence-corrected chi connectivity index (χ3v) is 10.7. The third kappa shape index (κ3) is 6.27. The molecule has 3 aromatic heterocycles. The zero-order valence-electron chi connectivity index (χ0n) is 32.3. The van der Waals surface area contributed by atoms with Gasteiger partial charge < -0.3 is 14.5 Å². The molecule has 1 aliphatic rings. The van der Waals surface area contributed by atoms with Gasteiger partial charge in [0.1, 0.15) is 24.0 Å². The van der Waals surface area contributed by atoms with Crippen molar-refractivity contribution in [3.8, 4) is 28.4 Å². The second kappa shape index (κ2) is 13.2.